The third-order valence-electron chi connectivity index (χ3n) is 3.12. The number of rotatable bonds is 6. The van der Waals surface area contributed by atoms with Crippen LogP contribution in [0, 0.1) is 0 Å². The molecule has 0 spiro atoms. The second-order valence-corrected chi connectivity index (χ2v) is 7.17. The molecule has 2 rings (SSSR count). The first-order chi connectivity index (χ1) is 10.5. The summed E-state index contributed by atoms with van der Waals surface area (Å²) >= 11 is 13.2. The highest BCUT2D eigenvalue weighted by Gasteiger charge is 2.13. The Bertz CT molecular complexity index is 614. The number of carbonyl (C=O) groups is 1. The van der Waals surface area contributed by atoms with Gasteiger partial charge in [0, 0.05) is 21.5 Å². The molecule has 2 aromatic rings. The van der Waals surface area contributed by atoms with E-state index in [0.717, 1.165) is 21.9 Å². The molecule has 5 heteroatoms. The number of nitrogens with one attached hydrogen (secondary N) is 1. The van der Waals surface area contributed by atoms with Gasteiger partial charge in [0.15, 0.2) is 0 Å². The van der Waals surface area contributed by atoms with E-state index in [1.54, 1.807) is 0 Å². The van der Waals surface area contributed by atoms with E-state index in [-0.39, 0.29) is 11.2 Å². The zero-order chi connectivity index (χ0) is 15.9. The molecule has 1 N–H and O–H groups in total. The summed E-state index contributed by atoms with van der Waals surface area (Å²) < 4.78 is 0. The molecule has 0 aliphatic carbocycles. The molecule has 0 heterocycles. The van der Waals surface area contributed by atoms with Crippen LogP contribution in [0.1, 0.15) is 12.5 Å². The number of halogens is 2. The van der Waals surface area contributed by atoms with E-state index in [1.165, 1.54) is 11.8 Å². The third-order valence-corrected chi connectivity index (χ3v) is 4.74. The van der Waals surface area contributed by atoms with Crippen molar-refractivity contribution >= 4 is 40.9 Å². The fourth-order valence-corrected chi connectivity index (χ4v) is 3.04. The second-order valence-electron chi connectivity index (χ2n) is 4.88. The number of thioether (sulfide) groups is 1. The SMILES string of the molecule is C[C@H](Sc1ccc(Cl)cc1)C(=O)NCCc1ccc(Cl)cc1. The quantitative estimate of drug-likeness (QED) is 0.753. The highest BCUT2D eigenvalue weighted by molar-refractivity contribution is 8.00. The van der Waals surface area contributed by atoms with Gasteiger partial charge in [-0.15, -0.1) is 11.8 Å². The highest BCUT2D eigenvalue weighted by Crippen LogP contribution is 2.24. The number of benzene rings is 2. The van der Waals surface area contributed by atoms with E-state index in [2.05, 4.69) is 5.32 Å². The second kappa shape index (κ2) is 8.47. The van der Waals surface area contributed by atoms with Crippen LogP contribution in [0.4, 0.5) is 0 Å². The van der Waals surface area contributed by atoms with Crippen molar-refractivity contribution < 1.29 is 4.79 Å². The van der Waals surface area contributed by atoms with Crippen LogP contribution in [0.25, 0.3) is 0 Å². The van der Waals surface area contributed by atoms with E-state index in [0.29, 0.717) is 11.6 Å². The van der Waals surface area contributed by atoms with Crippen LogP contribution in [0.2, 0.25) is 10.0 Å². The topological polar surface area (TPSA) is 29.1 Å². The minimum Gasteiger partial charge on any atom is -0.355 e. The lowest BCUT2D eigenvalue weighted by molar-refractivity contribution is -0.120. The Kier molecular flexibility index (Phi) is 6.62. The first-order valence-electron chi connectivity index (χ1n) is 6.99. The van der Waals surface area contributed by atoms with Crippen molar-refractivity contribution in [1.82, 2.24) is 5.32 Å². The predicted octanol–water partition coefficient (Wildman–Crippen LogP) is 4.83. The summed E-state index contributed by atoms with van der Waals surface area (Å²) in [5.41, 5.74) is 1.16. The van der Waals surface area contributed by atoms with Gasteiger partial charge in [0.05, 0.1) is 5.25 Å². The number of hydrogen-bond acceptors (Lipinski definition) is 2. The van der Waals surface area contributed by atoms with Crippen molar-refractivity contribution in [3.05, 3.63) is 64.1 Å². The molecule has 2 nitrogen and oxygen atoms in total. The van der Waals surface area contributed by atoms with Gasteiger partial charge in [-0.25, -0.2) is 0 Å². The fourth-order valence-electron chi connectivity index (χ4n) is 1.90. The molecule has 0 aliphatic heterocycles. The van der Waals surface area contributed by atoms with Crippen molar-refractivity contribution in [2.45, 2.75) is 23.5 Å². The van der Waals surface area contributed by atoms with Gasteiger partial charge in [-0.1, -0.05) is 35.3 Å². The normalized spacial score (nSPS) is 12.0. The Morgan fingerprint density at radius 3 is 2.18 bits per heavy atom. The molecule has 2 aromatic carbocycles. The summed E-state index contributed by atoms with van der Waals surface area (Å²) in [6.45, 7) is 2.52. The summed E-state index contributed by atoms with van der Waals surface area (Å²) in [7, 11) is 0. The molecule has 0 aliphatic rings. The smallest absolute Gasteiger partial charge is 0.233 e. The van der Waals surface area contributed by atoms with E-state index in [1.807, 2.05) is 55.5 Å². The van der Waals surface area contributed by atoms with Gasteiger partial charge in [0.25, 0.3) is 0 Å². The van der Waals surface area contributed by atoms with E-state index in [9.17, 15) is 4.79 Å². The first-order valence-corrected chi connectivity index (χ1v) is 8.62. The molecule has 0 aromatic heterocycles. The maximum absolute atomic E-state index is 12.1. The van der Waals surface area contributed by atoms with Crippen LogP contribution < -0.4 is 5.32 Å². The van der Waals surface area contributed by atoms with E-state index in [4.69, 9.17) is 23.2 Å². The predicted molar refractivity (Wildman–Crippen MR) is 94.9 cm³/mol. The molecule has 0 radical (unpaired) electrons. The lowest BCUT2D eigenvalue weighted by Gasteiger charge is -2.12. The van der Waals surface area contributed by atoms with Crippen LogP contribution >= 0.6 is 35.0 Å². The van der Waals surface area contributed by atoms with E-state index < -0.39 is 0 Å². The molecule has 0 saturated heterocycles. The average molecular weight is 354 g/mol. The molecule has 1 atom stereocenters. The Morgan fingerprint density at radius 1 is 1.05 bits per heavy atom. The zero-order valence-corrected chi connectivity index (χ0v) is 14.5. The van der Waals surface area contributed by atoms with Gasteiger partial charge in [-0.2, -0.15) is 0 Å². The van der Waals surface area contributed by atoms with Crippen LogP contribution in [0.3, 0.4) is 0 Å². The minimum absolute atomic E-state index is 0.0360. The number of amides is 1. The summed E-state index contributed by atoms with van der Waals surface area (Å²) in [5, 5.41) is 4.23. The van der Waals surface area contributed by atoms with Gasteiger partial charge in [0.2, 0.25) is 5.91 Å². The van der Waals surface area contributed by atoms with Gasteiger partial charge < -0.3 is 5.32 Å². The van der Waals surface area contributed by atoms with Gasteiger partial charge in [-0.05, 0) is 55.3 Å². The van der Waals surface area contributed by atoms with Crippen molar-refractivity contribution in [1.29, 1.82) is 0 Å². The summed E-state index contributed by atoms with van der Waals surface area (Å²) in [6.07, 6.45) is 0.793. The number of carbonyl (C=O) groups excluding carboxylic acids is 1. The standard InChI is InChI=1S/C17H17Cl2NOS/c1-12(22-16-8-6-15(19)7-9-16)17(21)20-11-10-13-2-4-14(18)5-3-13/h2-9,12H,10-11H2,1H3,(H,20,21)/t12-/m0/s1. The van der Waals surface area contributed by atoms with Crippen molar-refractivity contribution in [2.75, 3.05) is 6.54 Å². The lowest BCUT2D eigenvalue weighted by Crippen LogP contribution is -2.32. The van der Waals surface area contributed by atoms with Gasteiger partial charge in [0.1, 0.15) is 0 Å². The van der Waals surface area contributed by atoms with E-state index >= 15 is 0 Å². The molecular formula is C17H17Cl2NOS. The lowest BCUT2D eigenvalue weighted by atomic mass is 10.1. The first kappa shape index (κ1) is 17.2. The van der Waals surface area contributed by atoms with Crippen LogP contribution in [-0.4, -0.2) is 17.7 Å². The molecule has 1 amide bonds. The molecule has 0 bridgehead atoms. The van der Waals surface area contributed by atoms with Crippen molar-refractivity contribution in [3.8, 4) is 0 Å². The van der Waals surface area contributed by atoms with Gasteiger partial charge >= 0.3 is 0 Å². The summed E-state index contributed by atoms with van der Waals surface area (Å²) in [5.74, 6) is 0.0360. The monoisotopic (exact) mass is 353 g/mol. The molecular weight excluding hydrogens is 337 g/mol. The van der Waals surface area contributed by atoms with Crippen molar-refractivity contribution in [2.24, 2.45) is 0 Å². The summed E-state index contributed by atoms with van der Waals surface area (Å²) in [6, 6.07) is 15.2. The number of hydrogen-bond donors (Lipinski definition) is 1. The molecule has 116 valence electrons. The van der Waals surface area contributed by atoms with Crippen LogP contribution in [0.5, 0.6) is 0 Å². The molecule has 0 fully saturated rings. The van der Waals surface area contributed by atoms with Crippen molar-refractivity contribution in [3.63, 3.8) is 0 Å². The fraction of sp³-hybridized carbons (Fsp3) is 0.235. The highest BCUT2D eigenvalue weighted by atomic mass is 35.5. The molecule has 22 heavy (non-hydrogen) atoms. The molecule has 0 saturated carbocycles. The largest absolute Gasteiger partial charge is 0.355 e. The Morgan fingerprint density at radius 2 is 1.59 bits per heavy atom. The zero-order valence-electron chi connectivity index (χ0n) is 12.2. The Labute approximate surface area is 145 Å². The van der Waals surface area contributed by atoms with Crippen LogP contribution in [0.15, 0.2) is 53.4 Å². The Hall–Kier alpha value is -1.16. The van der Waals surface area contributed by atoms with Gasteiger partial charge in [-0.3, -0.25) is 4.79 Å². The third kappa shape index (κ3) is 5.56. The maximum atomic E-state index is 12.1. The maximum Gasteiger partial charge on any atom is 0.233 e. The van der Waals surface area contributed by atoms with Crippen LogP contribution in [-0.2, 0) is 11.2 Å². The Balaban J connectivity index is 1.76. The minimum atomic E-state index is -0.147. The average Bonchev–Trinajstić information content (AvgIpc) is 2.51. The summed E-state index contributed by atoms with van der Waals surface area (Å²) in [4.78, 5) is 13.1. The molecule has 0 unspecified atom stereocenters.